The normalized spacial score (nSPS) is 11.0. The summed E-state index contributed by atoms with van der Waals surface area (Å²) in [4.78, 5) is 6.14. The molecule has 0 saturated carbocycles. The summed E-state index contributed by atoms with van der Waals surface area (Å²) in [5.74, 6) is -0.831. The van der Waals surface area contributed by atoms with Gasteiger partial charge in [-0.3, -0.25) is 0 Å². The van der Waals surface area contributed by atoms with E-state index >= 15 is 0 Å². The highest BCUT2D eigenvalue weighted by atomic mass is 19.2. The van der Waals surface area contributed by atoms with Gasteiger partial charge in [0, 0.05) is 11.3 Å². The lowest BCUT2D eigenvalue weighted by Gasteiger charge is -2.15. The highest BCUT2D eigenvalue weighted by Gasteiger charge is 2.17. The van der Waals surface area contributed by atoms with E-state index in [1.165, 1.54) is 10.9 Å². The Kier molecular flexibility index (Phi) is 5.73. The number of aryl methyl sites for hydroxylation is 2. The van der Waals surface area contributed by atoms with Crippen LogP contribution in [0.15, 0.2) is 24.3 Å². The van der Waals surface area contributed by atoms with Crippen LogP contribution in [0.5, 0.6) is 5.88 Å². The molecule has 0 N–H and O–H groups in total. The summed E-state index contributed by atoms with van der Waals surface area (Å²) in [5.41, 5.74) is 2.85. The van der Waals surface area contributed by atoms with E-state index in [4.69, 9.17) is 4.74 Å². The van der Waals surface area contributed by atoms with Crippen molar-refractivity contribution in [2.24, 2.45) is 0 Å². The Hall–Kier alpha value is -2.90. The Morgan fingerprint density at radius 3 is 2.56 bits per heavy atom. The van der Waals surface area contributed by atoms with Crippen LogP contribution in [-0.4, -0.2) is 31.8 Å². The summed E-state index contributed by atoms with van der Waals surface area (Å²) >= 11 is 0. The third-order valence-corrected chi connectivity index (χ3v) is 4.02. The van der Waals surface area contributed by atoms with E-state index in [-0.39, 0.29) is 0 Å². The Bertz CT molecular complexity index is 942. The zero-order chi connectivity index (χ0) is 19.4. The summed E-state index contributed by atoms with van der Waals surface area (Å²) in [6.07, 6.45) is 1.65. The molecule has 0 bridgehead atoms. The van der Waals surface area contributed by atoms with Gasteiger partial charge in [-0.15, -0.1) is 10.2 Å². The number of benzene rings is 1. The lowest BCUT2D eigenvalue weighted by Crippen LogP contribution is -2.10. The van der Waals surface area contributed by atoms with Crippen LogP contribution in [0, 0.1) is 18.6 Å². The fourth-order valence-corrected chi connectivity index (χ4v) is 2.82. The fourth-order valence-electron chi connectivity index (χ4n) is 2.82. The smallest absolute Gasteiger partial charge is 0.221 e. The Labute approximate surface area is 156 Å². The molecule has 27 heavy (non-hydrogen) atoms. The molecule has 0 spiro atoms. The summed E-state index contributed by atoms with van der Waals surface area (Å²) < 4.78 is 32.8. The quantitative estimate of drug-likeness (QED) is 0.631. The first kappa shape index (κ1) is 18.9. The average Bonchev–Trinajstić information content (AvgIpc) is 3.05. The molecule has 6 nitrogen and oxygen atoms in total. The number of hydrogen-bond acceptors (Lipinski definition) is 5. The van der Waals surface area contributed by atoms with E-state index in [9.17, 15) is 8.78 Å². The van der Waals surface area contributed by atoms with Crippen molar-refractivity contribution in [1.29, 1.82) is 0 Å². The van der Waals surface area contributed by atoms with Gasteiger partial charge >= 0.3 is 0 Å². The van der Waals surface area contributed by atoms with Crippen molar-refractivity contribution in [1.82, 2.24) is 25.2 Å². The standard InChI is InChI=1S/C19H21F2N5O/c1-4-6-18-14(11-26-24-12(3)23-25-26)9-15(19(22-18)27-5-2)13-7-8-16(20)17(21)10-13/h7-10H,4-6,11H2,1-3H3. The maximum atomic E-state index is 13.8. The summed E-state index contributed by atoms with van der Waals surface area (Å²) in [6.45, 7) is 6.48. The number of hydrogen-bond donors (Lipinski definition) is 0. The first-order chi connectivity index (χ1) is 13.0. The summed E-state index contributed by atoms with van der Waals surface area (Å²) in [7, 11) is 0. The van der Waals surface area contributed by atoms with Gasteiger partial charge < -0.3 is 4.74 Å². The first-order valence-electron chi connectivity index (χ1n) is 8.87. The van der Waals surface area contributed by atoms with Crippen LogP contribution in [-0.2, 0) is 13.0 Å². The van der Waals surface area contributed by atoms with Crippen molar-refractivity contribution in [3.63, 3.8) is 0 Å². The molecule has 0 aliphatic carbocycles. The molecule has 0 aliphatic heterocycles. The van der Waals surface area contributed by atoms with E-state index < -0.39 is 11.6 Å². The van der Waals surface area contributed by atoms with Gasteiger partial charge in [0.25, 0.3) is 0 Å². The molecule has 0 atom stereocenters. The lowest BCUT2D eigenvalue weighted by molar-refractivity contribution is 0.327. The fraction of sp³-hybridized carbons (Fsp3) is 0.368. The van der Waals surface area contributed by atoms with Gasteiger partial charge in [-0.1, -0.05) is 19.4 Å². The van der Waals surface area contributed by atoms with E-state index in [0.717, 1.165) is 36.2 Å². The third-order valence-electron chi connectivity index (χ3n) is 4.02. The van der Waals surface area contributed by atoms with Gasteiger partial charge in [0.1, 0.15) is 0 Å². The van der Waals surface area contributed by atoms with Gasteiger partial charge in [0.15, 0.2) is 17.5 Å². The second-order valence-corrected chi connectivity index (χ2v) is 6.13. The van der Waals surface area contributed by atoms with Gasteiger partial charge in [-0.25, -0.2) is 13.8 Å². The highest BCUT2D eigenvalue weighted by Crippen LogP contribution is 2.32. The molecular weight excluding hydrogens is 352 g/mol. The van der Waals surface area contributed by atoms with Crippen LogP contribution in [0.1, 0.15) is 37.4 Å². The summed E-state index contributed by atoms with van der Waals surface area (Å²) in [5, 5.41) is 12.1. The Morgan fingerprint density at radius 1 is 1.11 bits per heavy atom. The van der Waals surface area contributed by atoms with Crippen LogP contribution in [0.2, 0.25) is 0 Å². The maximum Gasteiger partial charge on any atom is 0.221 e. The largest absolute Gasteiger partial charge is 0.478 e. The minimum Gasteiger partial charge on any atom is -0.478 e. The number of rotatable bonds is 7. The minimum atomic E-state index is -0.914. The van der Waals surface area contributed by atoms with E-state index in [1.54, 1.807) is 6.92 Å². The van der Waals surface area contributed by atoms with E-state index in [1.807, 2.05) is 13.0 Å². The van der Waals surface area contributed by atoms with Crippen LogP contribution in [0.4, 0.5) is 8.78 Å². The second-order valence-electron chi connectivity index (χ2n) is 6.13. The predicted octanol–water partition coefficient (Wildman–Crippen LogP) is 3.72. The number of pyridine rings is 1. The molecule has 2 heterocycles. The average molecular weight is 373 g/mol. The molecule has 0 amide bonds. The molecule has 3 aromatic rings. The molecule has 0 radical (unpaired) electrons. The molecule has 0 fully saturated rings. The van der Waals surface area contributed by atoms with Crippen molar-refractivity contribution >= 4 is 0 Å². The van der Waals surface area contributed by atoms with Crippen LogP contribution in [0.25, 0.3) is 11.1 Å². The number of aromatic nitrogens is 5. The van der Waals surface area contributed by atoms with Crippen LogP contribution in [0.3, 0.4) is 0 Å². The lowest BCUT2D eigenvalue weighted by atomic mass is 10.0. The number of tetrazole rings is 1. The molecule has 8 heteroatoms. The van der Waals surface area contributed by atoms with Gasteiger partial charge in [-0.2, -0.15) is 4.80 Å². The van der Waals surface area contributed by atoms with Gasteiger partial charge in [-0.05, 0) is 54.8 Å². The first-order valence-corrected chi connectivity index (χ1v) is 8.87. The molecule has 2 aromatic heterocycles. The predicted molar refractivity (Wildman–Crippen MR) is 96.4 cm³/mol. The van der Waals surface area contributed by atoms with Crippen molar-refractivity contribution in [3.05, 3.63) is 53.0 Å². The Morgan fingerprint density at radius 2 is 1.93 bits per heavy atom. The van der Waals surface area contributed by atoms with Crippen LogP contribution >= 0.6 is 0 Å². The van der Waals surface area contributed by atoms with E-state index in [2.05, 4.69) is 27.3 Å². The monoisotopic (exact) mass is 373 g/mol. The van der Waals surface area contributed by atoms with Gasteiger partial charge in [0.05, 0.1) is 13.2 Å². The number of ether oxygens (including phenoxy) is 1. The van der Waals surface area contributed by atoms with Crippen LogP contribution < -0.4 is 4.74 Å². The molecule has 0 aliphatic rings. The topological polar surface area (TPSA) is 65.7 Å². The van der Waals surface area contributed by atoms with E-state index in [0.29, 0.717) is 36.0 Å². The molecule has 3 rings (SSSR count). The van der Waals surface area contributed by atoms with Gasteiger partial charge in [0.2, 0.25) is 5.88 Å². The van der Waals surface area contributed by atoms with Crippen molar-refractivity contribution in [2.75, 3.05) is 6.61 Å². The van der Waals surface area contributed by atoms with Crippen molar-refractivity contribution in [3.8, 4) is 17.0 Å². The molecule has 0 unspecified atom stereocenters. The van der Waals surface area contributed by atoms with Crippen molar-refractivity contribution in [2.45, 2.75) is 40.2 Å². The third kappa shape index (κ3) is 4.27. The molecule has 142 valence electrons. The molecular formula is C19H21F2N5O. The maximum absolute atomic E-state index is 13.8. The molecule has 0 saturated heterocycles. The van der Waals surface area contributed by atoms with Crippen molar-refractivity contribution < 1.29 is 13.5 Å². The zero-order valence-electron chi connectivity index (χ0n) is 15.5. The second kappa shape index (κ2) is 8.20. The number of nitrogens with zero attached hydrogens (tertiary/aromatic N) is 5. The summed E-state index contributed by atoms with van der Waals surface area (Å²) in [6, 6.07) is 5.64. The molecule has 1 aromatic carbocycles. The highest BCUT2D eigenvalue weighted by molar-refractivity contribution is 5.70. The Balaban J connectivity index is 2.11. The minimum absolute atomic E-state index is 0.381. The SMILES string of the molecule is CCCc1nc(OCC)c(-c2ccc(F)c(F)c2)cc1Cn1nnc(C)n1. The zero-order valence-corrected chi connectivity index (χ0v) is 15.5. The number of halogens is 2.